The van der Waals surface area contributed by atoms with E-state index in [9.17, 15) is 0 Å². The Balaban J connectivity index is 2.78. The molecule has 0 spiro atoms. The van der Waals surface area contributed by atoms with Crippen LogP contribution in [-0.4, -0.2) is 7.11 Å². The molecule has 10 heavy (non-hydrogen) atoms. The Hall–Kier alpha value is -0.920. The highest BCUT2D eigenvalue weighted by atomic mass is 16.6. The van der Waals surface area contributed by atoms with Crippen LogP contribution in [-0.2, 0) is 0 Å². The number of rotatable bonds is 2. The van der Waals surface area contributed by atoms with Gasteiger partial charge < -0.3 is 9.15 Å². The average Bonchev–Trinajstić information content (AvgIpc) is 2.34. The number of hydrogen-bond acceptors (Lipinski definition) is 2. The lowest BCUT2D eigenvalue weighted by Gasteiger charge is -1.97. The van der Waals surface area contributed by atoms with Crippen molar-refractivity contribution in [2.24, 2.45) is 0 Å². The quantitative estimate of drug-likeness (QED) is 0.629. The van der Waals surface area contributed by atoms with Crippen LogP contribution in [0, 0.1) is 0 Å². The van der Waals surface area contributed by atoms with Gasteiger partial charge in [0.15, 0.2) is 0 Å². The van der Waals surface area contributed by atoms with Crippen molar-refractivity contribution in [2.45, 2.75) is 19.8 Å². The summed E-state index contributed by atoms with van der Waals surface area (Å²) in [5, 5.41) is 0. The van der Waals surface area contributed by atoms with Crippen molar-refractivity contribution in [3.8, 4) is 5.95 Å². The molecule has 1 rings (SSSR count). The van der Waals surface area contributed by atoms with Crippen molar-refractivity contribution in [2.75, 3.05) is 7.11 Å². The Morgan fingerprint density at radius 3 is 2.40 bits per heavy atom. The number of methoxy groups -OCH3 is 1. The van der Waals surface area contributed by atoms with Gasteiger partial charge in [0.05, 0.1) is 7.11 Å². The first-order valence-electron chi connectivity index (χ1n) is 3.37. The third-order valence-corrected chi connectivity index (χ3v) is 1.37. The Kier molecular flexibility index (Phi) is 2.00. The molecule has 0 aromatic carbocycles. The maximum Gasteiger partial charge on any atom is 0.284 e. The van der Waals surface area contributed by atoms with Gasteiger partial charge in [0.1, 0.15) is 5.76 Å². The molecule has 1 heterocycles. The summed E-state index contributed by atoms with van der Waals surface area (Å²) in [4.78, 5) is 0. The van der Waals surface area contributed by atoms with E-state index in [2.05, 4.69) is 13.8 Å². The van der Waals surface area contributed by atoms with E-state index in [-0.39, 0.29) is 0 Å². The molecule has 0 amide bonds. The van der Waals surface area contributed by atoms with Crippen LogP contribution in [0.2, 0.25) is 0 Å². The Bertz CT molecular complexity index is 201. The van der Waals surface area contributed by atoms with E-state index in [1.165, 1.54) is 0 Å². The highest BCUT2D eigenvalue weighted by molar-refractivity contribution is 5.13. The third-order valence-electron chi connectivity index (χ3n) is 1.37. The molecule has 0 N–H and O–H groups in total. The van der Waals surface area contributed by atoms with E-state index < -0.39 is 0 Å². The van der Waals surface area contributed by atoms with Gasteiger partial charge in [-0.3, -0.25) is 0 Å². The lowest BCUT2D eigenvalue weighted by molar-refractivity contribution is 0.290. The second-order valence-corrected chi connectivity index (χ2v) is 2.52. The van der Waals surface area contributed by atoms with Gasteiger partial charge in [0, 0.05) is 12.0 Å². The second-order valence-electron chi connectivity index (χ2n) is 2.52. The molecular weight excluding hydrogens is 128 g/mol. The molecular formula is C8H12O2. The van der Waals surface area contributed by atoms with Crippen molar-refractivity contribution in [1.29, 1.82) is 0 Å². The fourth-order valence-electron chi connectivity index (χ4n) is 0.754. The summed E-state index contributed by atoms with van der Waals surface area (Å²) in [6.07, 6.45) is 0. The van der Waals surface area contributed by atoms with E-state index >= 15 is 0 Å². The zero-order valence-electron chi connectivity index (χ0n) is 6.55. The molecule has 0 radical (unpaired) electrons. The van der Waals surface area contributed by atoms with Gasteiger partial charge in [-0.2, -0.15) is 0 Å². The molecule has 0 bridgehead atoms. The Labute approximate surface area is 60.8 Å². The fraction of sp³-hybridized carbons (Fsp3) is 0.500. The molecule has 0 atom stereocenters. The zero-order chi connectivity index (χ0) is 7.56. The first kappa shape index (κ1) is 7.19. The van der Waals surface area contributed by atoms with Gasteiger partial charge in [0.25, 0.3) is 5.95 Å². The normalized spacial score (nSPS) is 10.4. The van der Waals surface area contributed by atoms with Crippen LogP contribution in [0.3, 0.4) is 0 Å². The minimum absolute atomic E-state index is 0.434. The molecule has 1 aromatic rings. The lowest BCUT2D eigenvalue weighted by Crippen LogP contribution is -1.81. The molecule has 0 saturated carbocycles. The smallest absolute Gasteiger partial charge is 0.284 e. The summed E-state index contributed by atoms with van der Waals surface area (Å²) in [5.74, 6) is 1.99. The highest BCUT2D eigenvalue weighted by Gasteiger charge is 2.04. The van der Waals surface area contributed by atoms with Crippen molar-refractivity contribution in [3.05, 3.63) is 17.9 Å². The Morgan fingerprint density at radius 1 is 1.40 bits per heavy atom. The van der Waals surface area contributed by atoms with Crippen molar-refractivity contribution >= 4 is 0 Å². The minimum Gasteiger partial charge on any atom is -0.468 e. The molecule has 2 heteroatoms. The maximum atomic E-state index is 5.27. The minimum atomic E-state index is 0.434. The van der Waals surface area contributed by atoms with Gasteiger partial charge in [0.2, 0.25) is 0 Å². The monoisotopic (exact) mass is 140 g/mol. The molecule has 56 valence electrons. The van der Waals surface area contributed by atoms with E-state index in [1.54, 1.807) is 7.11 Å². The van der Waals surface area contributed by atoms with Crippen molar-refractivity contribution < 1.29 is 9.15 Å². The van der Waals surface area contributed by atoms with Gasteiger partial charge in [-0.1, -0.05) is 13.8 Å². The van der Waals surface area contributed by atoms with Gasteiger partial charge in [-0.15, -0.1) is 0 Å². The molecule has 0 aliphatic carbocycles. The van der Waals surface area contributed by atoms with Gasteiger partial charge >= 0.3 is 0 Å². The highest BCUT2D eigenvalue weighted by Crippen LogP contribution is 2.21. The topological polar surface area (TPSA) is 22.4 Å². The molecule has 0 aliphatic rings. The van der Waals surface area contributed by atoms with E-state index in [0.29, 0.717) is 11.9 Å². The predicted octanol–water partition coefficient (Wildman–Crippen LogP) is 2.41. The SMILES string of the molecule is COc1ccc(C(C)C)o1. The largest absolute Gasteiger partial charge is 0.468 e. The van der Waals surface area contributed by atoms with Gasteiger partial charge in [-0.05, 0) is 6.07 Å². The zero-order valence-corrected chi connectivity index (χ0v) is 6.55. The molecule has 0 unspecified atom stereocenters. The third kappa shape index (κ3) is 1.32. The average molecular weight is 140 g/mol. The van der Waals surface area contributed by atoms with Crippen LogP contribution in [0.5, 0.6) is 5.95 Å². The number of furan rings is 1. The molecule has 0 fully saturated rings. The number of ether oxygens (including phenoxy) is 1. The van der Waals surface area contributed by atoms with Crippen LogP contribution >= 0.6 is 0 Å². The fourth-order valence-corrected chi connectivity index (χ4v) is 0.754. The molecule has 1 aromatic heterocycles. The summed E-state index contributed by atoms with van der Waals surface area (Å²) < 4.78 is 10.2. The van der Waals surface area contributed by atoms with E-state index in [1.807, 2.05) is 12.1 Å². The summed E-state index contributed by atoms with van der Waals surface area (Å²) >= 11 is 0. The first-order chi connectivity index (χ1) is 4.74. The maximum absolute atomic E-state index is 5.27. The van der Waals surface area contributed by atoms with Crippen LogP contribution < -0.4 is 4.74 Å². The lowest BCUT2D eigenvalue weighted by atomic mass is 10.2. The van der Waals surface area contributed by atoms with Gasteiger partial charge in [-0.25, -0.2) is 0 Å². The number of hydrogen-bond donors (Lipinski definition) is 0. The molecule has 0 aliphatic heterocycles. The Morgan fingerprint density at radius 2 is 2.10 bits per heavy atom. The summed E-state index contributed by atoms with van der Waals surface area (Å²) in [7, 11) is 1.60. The van der Waals surface area contributed by atoms with Crippen LogP contribution in [0.15, 0.2) is 16.5 Å². The van der Waals surface area contributed by atoms with Crippen molar-refractivity contribution in [1.82, 2.24) is 0 Å². The second kappa shape index (κ2) is 2.78. The van der Waals surface area contributed by atoms with Crippen molar-refractivity contribution in [3.63, 3.8) is 0 Å². The van der Waals surface area contributed by atoms with Crippen LogP contribution in [0.4, 0.5) is 0 Å². The van der Waals surface area contributed by atoms with E-state index in [4.69, 9.17) is 9.15 Å². The predicted molar refractivity (Wildman–Crippen MR) is 39.3 cm³/mol. The summed E-state index contributed by atoms with van der Waals surface area (Å²) in [5.41, 5.74) is 0. The molecule has 0 saturated heterocycles. The first-order valence-corrected chi connectivity index (χ1v) is 3.37. The standard InChI is InChI=1S/C8H12O2/c1-6(2)7-4-5-8(9-3)10-7/h4-6H,1-3H3. The van der Waals surface area contributed by atoms with Crippen LogP contribution in [0.1, 0.15) is 25.5 Å². The summed E-state index contributed by atoms with van der Waals surface area (Å²) in [6, 6.07) is 3.76. The van der Waals surface area contributed by atoms with E-state index in [0.717, 1.165) is 5.76 Å². The molecule has 2 nitrogen and oxygen atoms in total. The summed E-state index contributed by atoms with van der Waals surface area (Å²) in [6.45, 7) is 4.16. The van der Waals surface area contributed by atoms with Crippen LogP contribution in [0.25, 0.3) is 0 Å².